The van der Waals surface area contributed by atoms with Crippen LogP contribution in [0.15, 0.2) is 65.7 Å². The summed E-state index contributed by atoms with van der Waals surface area (Å²) in [5, 5.41) is 10.6. The lowest BCUT2D eigenvalue weighted by molar-refractivity contribution is -0.384. The molecule has 94 valence electrons. The van der Waals surface area contributed by atoms with Crippen LogP contribution in [-0.2, 0) is 0 Å². The number of allylic oxidation sites excluding steroid dienone is 1. The molecule has 2 aromatic carbocycles. The molecule has 4 nitrogen and oxygen atoms in total. The third-order valence-corrected chi connectivity index (χ3v) is 2.44. The molecule has 0 aliphatic heterocycles. The number of benzene rings is 2. The highest BCUT2D eigenvalue weighted by molar-refractivity contribution is 5.80. The second-order valence-corrected chi connectivity index (χ2v) is 3.82. The number of non-ortho nitro benzene ring substituents is 1. The van der Waals surface area contributed by atoms with E-state index in [1.54, 1.807) is 24.4 Å². The largest absolute Gasteiger partial charge is 0.271 e. The topological polar surface area (TPSA) is 55.5 Å². The van der Waals surface area contributed by atoms with Crippen molar-refractivity contribution in [3.8, 4) is 0 Å². The summed E-state index contributed by atoms with van der Waals surface area (Å²) in [4.78, 5) is 14.3. The summed E-state index contributed by atoms with van der Waals surface area (Å²) in [5.41, 5.74) is 1.68. The SMILES string of the molecule is O=[N+]([O-])c1cccc(N=C/C=C\c2ccccc2)c1. The van der Waals surface area contributed by atoms with E-state index in [4.69, 9.17) is 0 Å². The van der Waals surface area contributed by atoms with Crippen LogP contribution in [0.25, 0.3) is 6.08 Å². The lowest BCUT2D eigenvalue weighted by Crippen LogP contribution is -1.85. The quantitative estimate of drug-likeness (QED) is 0.469. The summed E-state index contributed by atoms with van der Waals surface area (Å²) >= 11 is 0. The van der Waals surface area contributed by atoms with Gasteiger partial charge in [-0.15, -0.1) is 0 Å². The smallest absolute Gasteiger partial charge is 0.258 e. The van der Waals surface area contributed by atoms with Crippen LogP contribution in [0.5, 0.6) is 0 Å². The molecule has 0 bridgehead atoms. The molecule has 0 aliphatic rings. The van der Waals surface area contributed by atoms with E-state index >= 15 is 0 Å². The minimum atomic E-state index is -0.432. The minimum Gasteiger partial charge on any atom is -0.258 e. The molecule has 0 saturated heterocycles. The zero-order valence-corrected chi connectivity index (χ0v) is 10.1. The van der Waals surface area contributed by atoms with E-state index in [1.807, 2.05) is 36.4 Å². The van der Waals surface area contributed by atoms with Crippen molar-refractivity contribution in [2.24, 2.45) is 4.99 Å². The van der Waals surface area contributed by atoms with Gasteiger partial charge in [-0.3, -0.25) is 15.1 Å². The first-order chi connectivity index (χ1) is 9.25. The predicted molar refractivity (Wildman–Crippen MR) is 76.7 cm³/mol. The van der Waals surface area contributed by atoms with Gasteiger partial charge in [-0.2, -0.15) is 0 Å². The molecule has 0 fully saturated rings. The Hall–Kier alpha value is -2.75. The molecule has 0 amide bonds. The van der Waals surface area contributed by atoms with E-state index in [-0.39, 0.29) is 5.69 Å². The van der Waals surface area contributed by atoms with Crippen LogP contribution in [0.4, 0.5) is 11.4 Å². The van der Waals surface area contributed by atoms with Gasteiger partial charge >= 0.3 is 0 Å². The molecule has 0 saturated carbocycles. The van der Waals surface area contributed by atoms with Gasteiger partial charge in [0.2, 0.25) is 0 Å². The van der Waals surface area contributed by atoms with Gasteiger partial charge in [0.05, 0.1) is 10.6 Å². The maximum absolute atomic E-state index is 10.6. The van der Waals surface area contributed by atoms with Crippen molar-refractivity contribution < 1.29 is 4.92 Å². The molecule has 0 radical (unpaired) electrons. The molecular formula is C15H12N2O2. The molecule has 0 aliphatic carbocycles. The Balaban J connectivity index is 2.05. The predicted octanol–water partition coefficient (Wildman–Crippen LogP) is 4.01. The number of aliphatic imine (C=N–C) groups is 1. The third-order valence-electron chi connectivity index (χ3n) is 2.44. The first-order valence-corrected chi connectivity index (χ1v) is 5.76. The number of nitro benzene ring substituents is 1. The molecule has 19 heavy (non-hydrogen) atoms. The van der Waals surface area contributed by atoms with Crippen molar-refractivity contribution in [3.63, 3.8) is 0 Å². The molecule has 0 atom stereocenters. The molecule has 4 heteroatoms. The third kappa shape index (κ3) is 3.89. The highest BCUT2D eigenvalue weighted by Gasteiger charge is 2.03. The van der Waals surface area contributed by atoms with Gasteiger partial charge in [-0.25, -0.2) is 0 Å². The van der Waals surface area contributed by atoms with E-state index in [9.17, 15) is 10.1 Å². The number of nitrogens with zero attached hydrogens (tertiary/aromatic N) is 2. The first kappa shape index (κ1) is 12.7. The van der Waals surface area contributed by atoms with E-state index in [0.717, 1.165) is 5.56 Å². The van der Waals surface area contributed by atoms with E-state index in [2.05, 4.69) is 4.99 Å². The van der Waals surface area contributed by atoms with Crippen LogP contribution in [0.2, 0.25) is 0 Å². The summed E-state index contributed by atoms with van der Waals surface area (Å²) in [7, 11) is 0. The molecule has 0 N–H and O–H groups in total. The van der Waals surface area contributed by atoms with Crippen molar-refractivity contribution in [2.75, 3.05) is 0 Å². The maximum atomic E-state index is 10.6. The van der Waals surface area contributed by atoms with E-state index < -0.39 is 4.92 Å². The molecular weight excluding hydrogens is 240 g/mol. The van der Waals surface area contributed by atoms with Crippen LogP contribution < -0.4 is 0 Å². The van der Waals surface area contributed by atoms with Crippen LogP contribution in [0.3, 0.4) is 0 Å². The second kappa shape index (κ2) is 6.26. The minimum absolute atomic E-state index is 0.0432. The van der Waals surface area contributed by atoms with Crippen LogP contribution in [-0.4, -0.2) is 11.1 Å². The maximum Gasteiger partial charge on any atom is 0.271 e. The summed E-state index contributed by atoms with van der Waals surface area (Å²) in [6.45, 7) is 0. The summed E-state index contributed by atoms with van der Waals surface area (Å²) in [6.07, 6.45) is 5.33. The Morgan fingerprint density at radius 3 is 2.58 bits per heavy atom. The van der Waals surface area contributed by atoms with Crippen LogP contribution in [0.1, 0.15) is 5.56 Å². The van der Waals surface area contributed by atoms with Crippen molar-refractivity contribution in [1.82, 2.24) is 0 Å². The lowest BCUT2D eigenvalue weighted by atomic mass is 10.2. The standard InChI is InChI=1S/C15H12N2O2/c18-17(19)15-10-4-9-14(12-15)16-11-5-8-13-6-2-1-3-7-13/h1-12H/b8-5-,16-11?. The Kier molecular flexibility index (Phi) is 4.18. The van der Waals surface area contributed by atoms with Gasteiger partial charge < -0.3 is 0 Å². The monoisotopic (exact) mass is 252 g/mol. The highest BCUT2D eigenvalue weighted by Crippen LogP contribution is 2.19. The van der Waals surface area contributed by atoms with Crippen LogP contribution in [0, 0.1) is 10.1 Å². The Morgan fingerprint density at radius 1 is 1.05 bits per heavy atom. The normalized spacial score (nSPS) is 11.2. The molecule has 0 heterocycles. The first-order valence-electron chi connectivity index (χ1n) is 5.76. The highest BCUT2D eigenvalue weighted by atomic mass is 16.6. The Labute approximate surface area is 110 Å². The molecule has 0 spiro atoms. The zero-order chi connectivity index (χ0) is 13.5. The summed E-state index contributed by atoms with van der Waals surface area (Å²) in [6, 6.07) is 16.1. The average molecular weight is 252 g/mol. The van der Waals surface area contributed by atoms with Gasteiger partial charge in [-0.1, -0.05) is 42.5 Å². The Morgan fingerprint density at radius 2 is 1.84 bits per heavy atom. The summed E-state index contributed by atoms with van der Waals surface area (Å²) in [5.74, 6) is 0. The molecule has 2 aromatic rings. The molecule has 0 aromatic heterocycles. The fraction of sp³-hybridized carbons (Fsp3) is 0. The fourth-order valence-corrected chi connectivity index (χ4v) is 1.53. The second-order valence-electron chi connectivity index (χ2n) is 3.82. The molecule has 2 rings (SSSR count). The van der Waals surface area contributed by atoms with E-state index in [1.165, 1.54) is 12.1 Å². The fourth-order valence-electron chi connectivity index (χ4n) is 1.53. The number of nitro groups is 1. The van der Waals surface area contributed by atoms with Crippen molar-refractivity contribution in [3.05, 3.63) is 76.4 Å². The van der Waals surface area contributed by atoms with Gasteiger partial charge in [0, 0.05) is 18.3 Å². The van der Waals surface area contributed by atoms with Gasteiger partial charge in [-0.05, 0) is 17.7 Å². The van der Waals surface area contributed by atoms with Gasteiger partial charge in [0.1, 0.15) is 0 Å². The number of hydrogen-bond acceptors (Lipinski definition) is 3. The lowest BCUT2D eigenvalue weighted by Gasteiger charge is -1.93. The van der Waals surface area contributed by atoms with Crippen LogP contribution >= 0.6 is 0 Å². The van der Waals surface area contributed by atoms with E-state index in [0.29, 0.717) is 5.69 Å². The molecule has 0 unspecified atom stereocenters. The Bertz CT molecular complexity index is 619. The number of rotatable bonds is 4. The summed E-state index contributed by atoms with van der Waals surface area (Å²) < 4.78 is 0. The van der Waals surface area contributed by atoms with Crippen molar-refractivity contribution in [2.45, 2.75) is 0 Å². The average Bonchev–Trinajstić information content (AvgIpc) is 2.45. The van der Waals surface area contributed by atoms with Crippen molar-refractivity contribution >= 4 is 23.7 Å². The zero-order valence-electron chi connectivity index (χ0n) is 10.1. The number of hydrogen-bond donors (Lipinski definition) is 0. The van der Waals surface area contributed by atoms with Crippen molar-refractivity contribution in [1.29, 1.82) is 0 Å². The van der Waals surface area contributed by atoms with Gasteiger partial charge in [0.15, 0.2) is 0 Å². The van der Waals surface area contributed by atoms with Gasteiger partial charge in [0.25, 0.3) is 5.69 Å².